The second-order valence-electron chi connectivity index (χ2n) is 3.20. The van der Waals surface area contributed by atoms with E-state index in [1.807, 2.05) is 0 Å². The minimum absolute atomic E-state index is 0.0110. The number of phenolic OH excluding ortho intramolecular Hbond substituents is 2. The molecular formula is C10H12O4S. The lowest BCUT2D eigenvalue weighted by molar-refractivity contribution is -0.140. The van der Waals surface area contributed by atoms with Crippen LogP contribution in [0.4, 0.5) is 0 Å². The van der Waals surface area contributed by atoms with Gasteiger partial charge in [-0.05, 0) is 12.1 Å². The summed E-state index contributed by atoms with van der Waals surface area (Å²) in [4.78, 5) is 11.1. The number of hydrogen-bond acceptors (Lipinski definition) is 4. The van der Waals surface area contributed by atoms with Gasteiger partial charge in [0.1, 0.15) is 11.5 Å². The molecule has 0 spiro atoms. The van der Waals surface area contributed by atoms with Gasteiger partial charge in [0.15, 0.2) is 0 Å². The average Bonchev–Trinajstić information content (AvgIpc) is 2.15. The highest BCUT2D eigenvalue weighted by atomic mass is 32.2. The monoisotopic (exact) mass is 228 g/mol. The predicted octanol–water partition coefficient (Wildman–Crippen LogP) is 1.91. The second kappa shape index (κ2) is 4.93. The summed E-state index contributed by atoms with van der Waals surface area (Å²) in [5.74, 6) is -0.988. The van der Waals surface area contributed by atoms with Gasteiger partial charge in [-0.2, -0.15) is 0 Å². The van der Waals surface area contributed by atoms with Crippen LogP contribution in [0.3, 0.4) is 0 Å². The molecule has 0 saturated heterocycles. The molecule has 0 aliphatic carbocycles. The number of aliphatic carboxylic acids is 1. The van der Waals surface area contributed by atoms with Crippen molar-refractivity contribution >= 4 is 17.7 Å². The molecule has 1 atom stereocenters. The lowest BCUT2D eigenvalue weighted by Gasteiger charge is -2.07. The van der Waals surface area contributed by atoms with Gasteiger partial charge < -0.3 is 15.3 Å². The van der Waals surface area contributed by atoms with Crippen LogP contribution in [-0.4, -0.2) is 27.0 Å². The van der Waals surface area contributed by atoms with Gasteiger partial charge in [-0.15, -0.1) is 11.8 Å². The van der Waals surface area contributed by atoms with Crippen LogP contribution in [0.1, 0.15) is 6.92 Å². The van der Waals surface area contributed by atoms with Gasteiger partial charge in [-0.1, -0.05) is 6.92 Å². The molecule has 0 saturated carbocycles. The Labute approximate surface area is 91.6 Å². The summed E-state index contributed by atoms with van der Waals surface area (Å²) in [6.45, 7) is 1.60. The number of rotatable bonds is 4. The highest BCUT2D eigenvalue weighted by Crippen LogP contribution is 2.32. The van der Waals surface area contributed by atoms with Crippen molar-refractivity contribution in [3.63, 3.8) is 0 Å². The van der Waals surface area contributed by atoms with E-state index in [9.17, 15) is 9.90 Å². The molecule has 1 aromatic rings. The maximum absolute atomic E-state index is 10.5. The zero-order chi connectivity index (χ0) is 11.4. The molecule has 0 bridgehead atoms. The quantitative estimate of drug-likeness (QED) is 0.686. The van der Waals surface area contributed by atoms with Crippen molar-refractivity contribution in [1.29, 1.82) is 0 Å². The third-order valence-electron chi connectivity index (χ3n) is 1.85. The van der Waals surface area contributed by atoms with E-state index in [4.69, 9.17) is 10.2 Å². The van der Waals surface area contributed by atoms with Crippen LogP contribution in [0, 0.1) is 5.92 Å². The normalized spacial score (nSPS) is 12.3. The molecule has 4 nitrogen and oxygen atoms in total. The Hall–Kier alpha value is -1.36. The van der Waals surface area contributed by atoms with Gasteiger partial charge in [-0.25, -0.2) is 0 Å². The number of benzene rings is 1. The van der Waals surface area contributed by atoms with E-state index in [0.29, 0.717) is 10.6 Å². The summed E-state index contributed by atoms with van der Waals surface area (Å²) in [6.07, 6.45) is 0. The first-order valence-corrected chi connectivity index (χ1v) is 5.37. The molecule has 0 aromatic heterocycles. The minimum atomic E-state index is -0.860. The van der Waals surface area contributed by atoms with E-state index in [1.165, 1.54) is 23.9 Å². The highest BCUT2D eigenvalue weighted by Gasteiger charge is 2.12. The zero-order valence-corrected chi connectivity index (χ0v) is 8.99. The topological polar surface area (TPSA) is 77.8 Å². The standard InChI is InChI=1S/C10H12O4S/c1-6(10(13)14)5-15-9-3-2-7(11)4-8(9)12/h2-4,6,11-12H,5H2,1H3,(H,13,14). The van der Waals surface area contributed by atoms with Crippen LogP contribution in [-0.2, 0) is 4.79 Å². The van der Waals surface area contributed by atoms with E-state index in [0.717, 1.165) is 0 Å². The summed E-state index contributed by atoms with van der Waals surface area (Å²) in [7, 11) is 0. The highest BCUT2D eigenvalue weighted by molar-refractivity contribution is 7.99. The van der Waals surface area contributed by atoms with Gasteiger partial charge in [-0.3, -0.25) is 4.79 Å². The summed E-state index contributed by atoms with van der Waals surface area (Å²) in [5.41, 5.74) is 0. The molecule has 0 aliphatic heterocycles. The fraction of sp³-hybridized carbons (Fsp3) is 0.300. The number of carboxylic acids is 1. The Kier molecular flexibility index (Phi) is 3.85. The zero-order valence-electron chi connectivity index (χ0n) is 8.17. The maximum atomic E-state index is 10.5. The fourth-order valence-corrected chi connectivity index (χ4v) is 1.86. The molecule has 1 aromatic carbocycles. The smallest absolute Gasteiger partial charge is 0.307 e. The van der Waals surface area contributed by atoms with Crippen molar-refractivity contribution in [3.05, 3.63) is 18.2 Å². The molecule has 0 amide bonds. The van der Waals surface area contributed by atoms with Gasteiger partial charge in [0.2, 0.25) is 0 Å². The lowest BCUT2D eigenvalue weighted by atomic mass is 10.2. The Morgan fingerprint density at radius 3 is 2.67 bits per heavy atom. The van der Waals surface area contributed by atoms with E-state index >= 15 is 0 Å². The predicted molar refractivity (Wildman–Crippen MR) is 57.3 cm³/mol. The average molecular weight is 228 g/mol. The molecule has 1 rings (SSSR count). The molecule has 15 heavy (non-hydrogen) atoms. The van der Waals surface area contributed by atoms with E-state index in [-0.39, 0.29) is 11.5 Å². The molecule has 3 N–H and O–H groups in total. The van der Waals surface area contributed by atoms with Crippen LogP contribution in [0.15, 0.2) is 23.1 Å². The number of thioether (sulfide) groups is 1. The van der Waals surface area contributed by atoms with Gasteiger partial charge in [0.05, 0.1) is 5.92 Å². The lowest BCUT2D eigenvalue weighted by Crippen LogP contribution is -2.11. The molecule has 0 heterocycles. The molecule has 1 unspecified atom stereocenters. The number of phenols is 2. The first-order chi connectivity index (χ1) is 7.00. The van der Waals surface area contributed by atoms with E-state index in [1.54, 1.807) is 13.0 Å². The van der Waals surface area contributed by atoms with Gasteiger partial charge >= 0.3 is 5.97 Å². The Morgan fingerprint density at radius 1 is 1.47 bits per heavy atom. The van der Waals surface area contributed by atoms with Crippen LogP contribution in [0.25, 0.3) is 0 Å². The number of hydrogen-bond donors (Lipinski definition) is 3. The molecule has 0 radical (unpaired) electrons. The van der Waals surface area contributed by atoms with Crippen LogP contribution in [0.5, 0.6) is 11.5 Å². The van der Waals surface area contributed by atoms with E-state index in [2.05, 4.69) is 0 Å². The minimum Gasteiger partial charge on any atom is -0.508 e. The Morgan fingerprint density at radius 2 is 2.13 bits per heavy atom. The molecule has 5 heteroatoms. The van der Waals surface area contributed by atoms with Gasteiger partial charge in [0, 0.05) is 16.7 Å². The van der Waals surface area contributed by atoms with Crippen molar-refractivity contribution in [2.45, 2.75) is 11.8 Å². The van der Waals surface area contributed by atoms with Crippen molar-refractivity contribution in [2.24, 2.45) is 5.92 Å². The number of carboxylic acid groups (broad SMARTS) is 1. The summed E-state index contributed by atoms with van der Waals surface area (Å²) in [5, 5.41) is 27.1. The van der Waals surface area contributed by atoms with E-state index < -0.39 is 11.9 Å². The molecular weight excluding hydrogens is 216 g/mol. The number of aromatic hydroxyl groups is 2. The van der Waals surface area contributed by atoms with Crippen LogP contribution in [0.2, 0.25) is 0 Å². The molecule has 0 fully saturated rings. The number of carbonyl (C=O) groups is 1. The first-order valence-electron chi connectivity index (χ1n) is 4.38. The van der Waals surface area contributed by atoms with Crippen molar-refractivity contribution in [3.8, 4) is 11.5 Å². The fourth-order valence-electron chi connectivity index (χ4n) is 0.914. The summed E-state index contributed by atoms with van der Waals surface area (Å²) >= 11 is 1.25. The molecule has 82 valence electrons. The maximum Gasteiger partial charge on any atom is 0.307 e. The largest absolute Gasteiger partial charge is 0.508 e. The third-order valence-corrected chi connectivity index (χ3v) is 3.18. The van der Waals surface area contributed by atoms with Gasteiger partial charge in [0.25, 0.3) is 0 Å². The second-order valence-corrected chi connectivity index (χ2v) is 4.26. The van der Waals surface area contributed by atoms with Crippen molar-refractivity contribution in [1.82, 2.24) is 0 Å². The Balaban J connectivity index is 2.62. The van der Waals surface area contributed by atoms with Crippen LogP contribution < -0.4 is 0 Å². The first kappa shape index (κ1) is 11.7. The van der Waals surface area contributed by atoms with Crippen molar-refractivity contribution < 1.29 is 20.1 Å². The molecule has 0 aliphatic rings. The SMILES string of the molecule is CC(CSc1ccc(O)cc1O)C(=O)O. The summed E-state index contributed by atoms with van der Waals surface area (Å²) in [6, 6.07) is 4.24. The summed E-state index contributed by atoms with van der Waals surface area (Å²) < 4.78 is 0. The van der Waals surface area contributed by atoms with Crippen LogP contribution >= 0.6 is 11.8 Å². The third kappa shape index (κ3) is 3.36. The Bertz CT molecular complexity index is 364. The van der Waals surface area contributed by atoms with Crippen molar-refractivity contribution in [2.75, 3.05) is 5.75 Å².